The van der Waals surface area contributed by atoms with Crippen molar-refractivity contribution in [2.75, 3.05) is 18.8 Å². The summed E-state index contributed by atoms with van der Waals surface area (Å²) in [6, 6.07) is 17.7. The number of benzene rings is 2. The zero-order valence-electron chi connectivity index (χ0n) is 15.7. The van der Waals surface area contributed by atoms with E-state index in [1.807, 2.05) is 68.4 Å². The van der Waals surface area contributed by atoms with Gasteiger partial charge in [-0.05, 0) is 31.0 Å². The smallest absolute Gasteiger partial charge is 0.191 e. The highest BCUT2D eigenvalue weighted by molar-refractivity contribution is 14.0. The van der Waals surface area contributed by atoms with Gasteiger partial charge in [-0.15, -0.1) is 24.0 Å². The lowest BCUT2D eigenvalue weighted by atomic mass is 10.1. The van der Waals surface area contributed by atoms with Gasteiger partial charge in [0.15, 0.2) is 5.96 Å². The van der Waals surface area contributed by atoms with Crippen LogP contribution in [0.5, 0.6) is 0 Å². The molecule has 148 valence electrons. The van der Waals surface area contributed by atoms with E-state index in [2.05, 4.69) is 15.6 Å². The third-order valence-corrected chi connectivity index (χ3v) is 5.47. The topological polar surface area (TPSA) is 53.5 Å². The molecule has 0 aliphatic heterocycles. The Labute approximate surface area is 186 Å². The maximum Gasteiger partial charge on any atom is 0.191 e. The van der Waals surface area contributed by atoms with Gasteiger partial charge in [0.1, 0.15) is 0 Å². The van der Waals surface area contributed by atoms with E-state index in [1.165, 1.54) is 0 Å². The van der Waals surface area contributed by atoms with Gasteiger partial charge >= 0.3 is 0 Å². The van der Waals surface area contributed by atoms with Crippen LogP contribution in [0.3, 0.4) is 0 Å². The predicted molar refractivity (Wildman–Crippen MR) is 128 cm³/mol. The third kappa shape index (κ3) is 8.62. The van der Waals surface area contributed by atoms with Crippen LogP contribution in [0, 0.1) is 0 Å². The Morgan fingerprint density at radius 1 is 1.15 bits per heavy atom. The van der Waals surface area contributed by atoms with Gasteiger partial charge in [-0.1, -0.05) is 60.1 Å². The maximum atomic E-state index is 12.2. The lowest BCUT2D eigenvalue weighted by molar-refractivity contribution is 0.680. The minimum atomic E-state index is -0.927. The van der Waals surface area contributed by atoms with E-state index in [1.54, 1.807) is 0 Å². The lowest BCUT2D eigenvalue weighted by Crippen LogP contribution is -2.39. The molecule has 2 unspecified atom stereocenters. The van der Waals surface area contributed by atoms with Gasteiger partial charge in [0.2, 0.25) is 0 Å². The molecule has 0 bridgehead atoms. The first-order valence-corrected chi connectivity index (χ1v) is 10.6. The lowest BCUT2D eigenvalue weighted by Gasteiger charge is -2.19. The Morgan fingerprint density at radius 3 is 2.48 bits per heavy atom. The van der Waals surface area contributed by atoms with Gasteiger partial charge in [0.05, 0.1) is 12.6 Å². The molecular formula is C20H27ClIN3OS. The summed E-state index contributed by atoms with van der Waals surface area (Å²) in [5.41, 5.74) is 2.11. The van der Waals surface area contributed by atoms with Gasteiger partial charge in [0, 0.05) is 33.9 Å². The number of nitrogens with zero attached hydrogens (tertiary/aromatic N) is 1. The molecule has 2 aromatic carbocycles. The average molecular weight is 520 g/mol. The van der Waals surface area contributed by atoms with Gasteiger partial charge in [-0.25, -0.2) is 0 Å². The zero-order valence-corrected chi connectivity index (χ0v) is 19.6. The summed E-state index contributed by atoms with van der Waals surface area (Å²) in [5.74, 6) is 1.80. The summed E-state index contributed by atoms with van der Waals surface area (Å²) < 4.78 is 12.2. The first-order chi connectivity index (χ1) is 12.6. The van der Waals surface area contributed by atoms with Crippen molar-refractivity contribution in [1.82, 2.24) is 10.6 Å². The van der Waals surface area contributed by atoms with E-state index in [0.29, 0.717) is 24.0 Å². The highest BCUT2D eigenvalue weighted by Crippen LogP contribution is 2.21. The minimum absolute atomic E-state index is 0. The molecule has 4 nitrogen and oxygen atoms in total. The van der Waals surface area contributed by atoms with Gasteiger partial charge in [0.25, 0.3) is 0 Å². The second-order valence-electron chi connectivity index (χ2n) is 5.92. The Kier molecular flexibility index (Phi) is 11.6. The highest BCUT2D eigenvalue weighted by atomic mass is 127. The molecule has 0 aliphatic carbocycles. The Morgan fingerprint density at radius 2 is 1.81 bits per heavy atom. The van der Waals surface area contributed by atoms with Gasteiger partial charge in [-0.3, -0.25) is 9.20 Å². The van der Waals surface area contributed by atoms with Crippen LogP contribution in [-0.2, 0) is 16.6 Å². The molecule has 27 heavy (non-hydrogen) atoms. The third-order valence-electron chi connectivity index (χ3n) is 3.83. The molecule has 2 rings (SSSR count). The minimum Gasteiger partial charge on any atom is -0.357 e. The molecule has 0 saturated carbocycles. The van der Waals surface area contributed by atoms with Crippen molar-refractivity contribution in [1.29, 1.82) is 0 Å². The van der Waals surface area contributed by atoms with E-state index in [9.17, 15) is 4.21 Å². The van der Waals surface area contributed by atoms with E-state index < -0.39 is 10.8 Å². The van der Waals surface area contributed by atoms with Crippen LogP contribution < -0.4 is 10.6 Å². The standard InChI is InChI=1S/C20H26ClN3OS.HI/c1-3-22-20(24-16(2)18-11-7-8-12-19(18)21)23-13-14-26(25)15-17-9-5-4-6-10-17;/h4-12,16H,3,13-15H2,1-2H3,(H2,22,23,24);1H. The fraction of sp³-hybridized carbons (Fsp3) is 0.350. The molecule has 2 N–H and O–H groups in total. The number of aliphatic imine (C=N–C) groups is 1. The number of guanidine groups is 1. The summed E-state index contributed by atoms with van der Waals surface area (Å²) in [5, 5.41) is 7.31. The van der Waals surface area contributed by atoms with Crippen LogP contribution >= 0.6 is 35.6 Å². The predicted octanol–water partition coefficient (Wildman–Crippen LogP) is 4.52. The second kappa shape index (κ2) is 13.1. The van der Waals surface area contributed by atoms with Crippen LogP contribution in [0.1, 0.15) is 31.0 Å². The van der Waals surface area contributed by atoms with E-state index in [-0.39, 0.29) is 30.0 Å². The number of hydrogen-bond donors (Lipinski definition) is 2. The van der Waals surface area contributed by atoms with Crippen molar-refractivity contribution < 1.29 is 4.21 Å². The molecular weight excluding hydrogens is 493 g/mol. The van der Waals surface area contributed by atoms with Crippen molar-refractivity contribution in [2.45, 2.75) is 25.6 Å². The molecule has 0 fully saturated rings. The van der Waals surface area contributed by atoms with Gasteiger partial charge in [-0.2, -0.15) is 0 Å². The van der Waals surface area contributed by atoms with Crippen LogP contribution in [0.15, 0.2) is 59.6 Å². The van der Waals surface area contributed by atoms with Crippen molar-refractivity contribution >= 4 is 52.3 Å². The molecule has 2 atom stereocenters. The first-order valence-electron chi connectivity index (χ1n) is 8.78. The molecule has 0 radical (unpaired) electrons. The summed E-state index contributed by atoms with van der Waals surface area (Å²) >= 11 is 6.26. The average Bonchev–Trinajstić information content (AvgIpc) is 2.63. The van der Waals surface area contributed by atoms with E-state index >= 15 is 0 Å². The summed E-state index contributed by atoms with van der Waals surface area (Å²) in [7, 11) is -0.927. The normalized spacial score (nSPS) is 13.4. The zero-order chi connectivity index (χ0) is 18.8. The SMILES string of the molecule is CCNC(=NCCS(=O)Cc1ccccc1)NC(C)c1ccccc1Cl.I. The Bertz CT molecular complexity index is 743. The first kappa shape index (κ1) is 23.9. The van der Waals surface area contributed by atoms with Crippen molar-refractivity contribution in [3.63, 3.8) is 0 Å². The number of rotatable bonds is 8. The van der Waals surface area contributed by atoms with Crippen LogP contribution in [-0.4, -0.2) is 29.0 Å². The molecule has 2 aromatic rings. The fourth-order valence-electron chi connectivity index (χ4n) is 2.52. The molecule has 0 spiro atoms. The van der Waals surface area contributed by atoms with Crippen LogP contribution in [0.4, 0.5) is 0 Å². The highest BCUT2D eigenvalue weighted by Gasteiger charge is 2.10. The summed E-state index contributed by atoms with van der Waals surface area (Å²) in [4.78, 5) is 4.55. The molecule has 0 aliphatic rings. The number of hydrogen-bond acceptors (Lipinski definition) is 2. The molecule has 0 saturated heterocycles. The maximum absolute atomic E-state index is 12.2. The van der Waals surface area contributed by atoms with Crippen LogP contribution in [0.2, 0.25) is 5.02 Å². The molecule has 7 heteroatoms. The largest absolute Gasteiger partial charge is 0.357 e. The summed E-state index contributed by atoms with van der Waals surface area (Å²) in [6.45, 7) is 5.32. The number of nitrogens with one attached hydrogen (secondary N) is 2. The van der Waals surface area contributed by atoms with E-state index in [4.69, 9.17) is 11.6 Å². The molecule has 0 aromatic heterocycles. The van der Waals surface area contributed by atoms with Gasteiger partial charge < -0.3 is 10.6 Å². The van der Waals surface area contributed by atoms with Crippen molar-refractivity contribution in [2.24, 2.45) is 4.99 Å². The van der Waals surface area contributed by atoms with Crippen molar-refractivity contribution in [3.05, 3.63) is 70.7 Å². The fourth-order valence-corrected chi connectivity index (χ4v) is 3.82. The quantitative estimate of drug-likeness (QED) is 0.306. The van der Waals surface area contributed by atoms with Crippen molar-refractivity contribution in [3.8, 4) is 0 Å². The van der Waals surface area contributed by atoms with Crippen LogP contribution in [0.25, 0.3) is 0 Å². The monoisotopic (exact) mass is 519 g/mol. The number of halogens is 2. The Hall–Kier alpha value is -1.12. The molecule has 0 amide bonds. The van der Waals surface area contributed by atoms with E-state index in [0.717, 1.165) is 22.7 Å². The second-order valence-corrected chi connectivity index (χ2v) is 7.91. The molecule has 0 heterocycles. The summed E-state index contributed by atoms with van der Waals surface area (Å²) in [6.07, 6.45) is 0. The Balaban J connectivity index is 0.00000364.